The number of carbonyl (C=O) groups is 2. The molecule has 0 rings (SSSR count). The van der Waals surface area contributed by atoms with Crippen molar-refractivity contribution in [2.45, 2.75) is 45.1 Å². The average Bonchev–Trinajstić information content (AvgIpc) is 2.20. The topological polar surface area (TPSA) is 66.4 Å². The van der Waals surface area contributed by atoms with Crippen molar-refractivity contribution in [3.8, 4) is 12.3 Å². The number of hydrogen-bond donors (Lipinski definition) is 2. The fourth-order valence-electron chi connectivity index (χ4n) is 1.12. The van der Waals surface area contributed by atoms with E-state index in [1.807, 2.05) is 0 Å². The Morgan fingerprint density at radius 3 is 2.60 bits per heavy atom. The lowest BCUT2D eigenvalue weighted by Gasteiger charge is -2.11. The molecule has 0 fully saturated rings. The second-order valence-electron chi connectivity index (χ2n) is 3.28. The molecule has 0 aromatic carbocycles. The molecule has 0 heterocycles. The zero-order chi connectivity index (χ0) is 11.7. The molecule has 0 radical (unpaired) electrons. The average molecular weight is 211 g/mol. The van der Waals surface area contributed by atoms with Crippen LogP contribution in [0.15, 0.2) is 0 Å². The minimum atomic E-state index is -0.991. The summed E-state index contributed by atoms with van der Waals surface area (Å²) in [7, 11) is 0. The molecular formula is C11H17NO3. The number of rotatable bonds is 7. The Bertz CT molecular complexity index is 255. The normalized spacial score (nSPS) is 11.5. The molecule has 0 aliphatic heterocycles. The number of terminal acetylenes is 1. The first kappa shape index (κ1) is 13.5. The lowest BCUT2D eigenvalue weighted by molar-refractivity contribution is -0.141. The molecule has 0 aliphatic rings. The van der Waals surface area contributed by atoms with Crippen LogP contribution in [0, 0.1) is 12.3 Å². The van der Waals surface area contributed by atoms with Crippen molar-refractivity contribution in [2.24, 2.45) is 0 Å². The molecule has 1 unspecified atom stereocenters. The van der Waals surface area contributed by atoms with E-state index >= 15 is 0 Å². The van der Waals surface area contributed by atoms with Gasteiger partial charge in [-0.2, -0.15) is 0 Å². The molecule has 1 atom stereocenters. The Hall–Kier alpha value is -1.50. The second kappa shape index (κ2) is 7.86. The van der Waals surface area contributed by atoms with E-state index in [0.29, 0.717) is 25.7 Å². The van der Waals surface area contributed by atoms with E-state index in [1.165, 1.54) is 0 Å². The van der Waals surface area contributed by atoms with Crippen molar-refractivity contribution < 1.29 is 14.7 Å². The molecule has 0 saturated carbocycles. The van der Waals surface area contributed by atoms with E-state index in [1.54, 1.807) is 6.92 Å². The van der Waals surface area contributed by atoms with Crippen molar-refractivity contribution in [3.05, 3.63) is 0 Å². The molecule has 84 valence electrons. The van der Waals surface area contributed by atoms with Crippen LogP contribution in [-0.4, -0.2) is 23.0 Å². The highest BCUT2D eigenvalue weighted by Gasteiger charge is 2.16. The van der Waals surface area contributed by atoms with Crippen molar-refractivity contribution in [3.63, 3.8) is 0 Å². The number of hydrogen-bond acceptors (Lipinski definition) is 2. The standard InChI is InChI=1S/C11H17NO3/c1-3-5-6-7-8-10(13)12-9(4-2)11(14)15/h1,9H,4-8H2,2H3,(H,12,13)(H,14,15). The first-order valence-corrected chi connectivity index (χ1v) is 5.07. The van der Waals surface area contributed by atoms with Gasteiger partial charge < -0.3 is 10.4 Å². The third-order valence-electron chi connectivity index (χ3n) is 2.02. The number of amides is 1. The maximum atomic E-state index is 11.3. The molecule has 0 spiro atoms. The molecule has 2 N–H and O–H groups in total. The maximum absolute atomic E-state index is 11.3. The molecule has 0 bridgehead atoms. The summed E-state index contributed by atoms with van der Waals surface area (Å²) in [6.45, 7) is 1.72. The number of carbonyl (C=O) groups excluding carboxylic acids is 1. The molecule has 0 aliphatic carbocycles. The minimum absolute atomic E-state index is 0.221. The van der Waals surface area contributed by atoms with E-state index in [2.05, 4.69) is 11.2 Å². The highest BCUT2D eigenvalue weighted by Crippen LogP contribution is 2.00. The van der Waals surface area contributed by atoms with Gasteiger partial charge in [-0.15, -0.1) is 12.3 Å². The molecule has 4 heteroatoms. The van der Waals surface area contributed by atoms with E-state index in [9.17, 15) is 9.59 Å². The molecule has 0 saturated heterocycles. The molecule has 0 aromatic rings. The zero-order valence-corrected chi connectivity index (χ0v) is 8.95. The van der Waals surface area contributed by atoms with Gasteiger partial charge in [-0.1, -0.05) is 6.92 Å². The first-order valence-electron chi connectivity index (χ1n) is 5.07. The van der Waals surface area contributed by atoms with Gasteiger partial charge in [-0.05, 0) is 19.3 Å². The molecule has 1 amide bonds. The quantitative estimate of drug-likeness (QED) is 0.490. The van der Waals surface area contributed by atoms with Crippen molar-refractivity contribution in [1.29, 1.82) is 0 Å². The summed E-state index contributed by atoms with van der Waals surface area (Å²) in [5, 5.41) is 11.1. The van der Waals surface area contributed by atoms with E-state index in [4.69, 9.17) is 11.5 Å². The van der Waals surface area contributed by atoms with Crippen LogP contribution >= 0.6 is 0 Å². The van der Waals surface area contributed by atoms with Crippen LogP contribution in [0.25, 0.3) is 0 Å². The Morgan fingerprint density at radius 1 is 1.47 bits per heavy atom. The van der Waals surface area contributed by atoms with Gasteiger partial charge in [0.25, 0.3) is 0 Å². The number of carboxylic acids is 1. The highest BCUT2D eigenvalue weighted by molar-refractivity contribution is 5.83. The van der Waals surface area contributed by atoms with Crippen molar-refractivity contribution >= 4 is 11.9 Å². The summed E-state index contributed by atoms with van der Waals surface area (Å²) in [6.07, 6.45) is 7.95. The Kier molecular flexibility index (Phi) is 7.08. The van der Waals surface area contributed by atoms with E-state index in [-0.39, 0.29) is 5.91 Å². The Morgan fingerprint density at radius 2 is 2.13 bits per heavy atom. The summed E-state index contributed by atoms with van der Waals surface area (Å²) >= 11 is 0. The first-order chi connectivity index (χ1) is 7.11. The summed E-state index contributed by atoms with van der Waals surface area (Å²) in [5.74, 6) is 1.27. The summed E-state index contributed by atoms with van der Waals surface area (Å²) < 4.78 is 0. The molecule has 15 heavy (non-hydrogen) atoms. The van der Waals surface area contributed by atoms with Crippen LogP contribution in [0.5, 0.6) is 0 Å². The summed E-state index contributed by atoms with van der Waals surface area (Å²) in [6, 6.07) is -0.773. The predicted octanol–water partition coefficient (Wildman–Crippen LogP) is 1.16. The van der Waals surface area contributed by atoms with Gasteiger partial charge in [0.05, 0.1) is 0 Å². The number of aliphatic carboxylic acids is 1. The van der Waals surface area contributed by atoms with Crippen molar-refractivity contribution in [1.82, 2.24) is 5.32 Å². The predicted molar refractivity (Wildman–Crippen MR) is 57.2 cm³/mol. The SMILES string of the molecule is C#CCCCCC(=O)NC(CC)C(=O)O. The lowest BCUT2D eigenvalue weighted by atomic mass is 10.1. The molecule has 4 nitrogen and oxygen atoms in total. The number of unbranched alkanes of at least 4 members (excludes halogenated alkanes) is 2. The molecular weight excluding hydrogens is 194 g/mol. The Labute approximate surface area is 90.1 Å². The number of carboxylic acid groups (broad SMARTS) is 1. The van der Waals surface area contributed by atoms with Gasteiger partial charge in [0.1, 0.15) is 6.04 Å². The van der Waals surface area contributed by atoms with Crippen LogP contribution in [0.3, 0.4) is 0 Å². The summed E-state index contributed by atoms with van der Waals surface area (Å²) in [5.41, 5.74) is 0. The van der Waals surface area contributed by atoms with Crippen LogP contribution in [0.4, 0.5) is 0 Å². The minimum Gasteiger partial charge on any atom is -0.480 e. The van der Waals surface area contributed by atoms with Gasteiger partial charge >= 0.3 is 5.97 Å². The van der Waals surface area contributed by atoms with Gasteiger partial charge in [-0.25, -0.2) is 4.79 Å². The lowest BCUT2D eigenvalue weighted by Crippen LogP contribution is -2.40. The van der Waals surface area contributed by atoms with Crippen molar-refractivity contribution in [2.75, 3.05) is 0 Å². The highest BCUT2D eigenvalue weighted by atomic mass is 16.4. The zero-order valence-electron chi connectivity index (χ0n) is 8.95. The fourth-order valence-corrected chi connectivity index (χ4v) is 1.12. The van der Waals surface area contributed by atoms with Crippen LogP contribution in [0.1, 0.15) is 39.0 Å². The van der Waals surface area contributed by atoms with E-state index < -0.39 is 12.0 Å². The van der Waals surface area contributed by atoms with Crippen LogP contribution in [-0.2, 0) is 9.59 Å². The van der Waals surface area contributed by atoms with Gasteiger partial charge in [-0.3, -0.25) is 4.79 Å². The Balaban J connectivity index is 3.73. The largest absolute Gasteiger partial charge is 0.480 e. The smallest absolute Gasteiger partial charge is 0.326 e. The second-order valence-corrected chi connectivity index (χ2v) is 3.28. The molecule has 0 aromatic heterocycles. The fraction of sp³-hybridized carbons (Fsp3) is 0.636. The third-order valence-corrected chi connectivity index (χ3v) is 2.02. The third kappa shape index (κ3) is 6.55. The van der Waals surface area contributed by atoms with Crippen LogP contribution in [0.2, 0.25) is 0 Å². The number of nitrogens with one attached hydrogen (secondary N) is 1. The van der Waals surface area contributed by atoms with Gasteiger partial charge in [0, 0.05) is 12.8 Å². The summed E-state index contributed by atoms with van der Waals surface area (Å²) in [4.78, 5) is 21.9. The van der Waals surface area contributed by atoms with E-state index in [0.717, 1.165) is 6.42 Å². The van der Waals surface area contributed by atoms with Gasteiger partial charge in [0.2, 0.25) is 5.91 Å². The maximum Gasteiger partial charge on any atom is 0.326 e. The van der Waals surface area contributed by atoms with Gasteiger partial charge in [0.15, 0.2) is 0 Å². The monoisotopic (exact) mass is 211 g/mol. The van der Waals surface area contributed by atoms with Crippen LogP contribution < -0.4 is 5.32 Å².